The molecule has 0 bridgehead atoms. The lowest BCUT2D eigenvalue weighted by atomic mass is 10.1. The first-order chi connectivity index (χ1) is 28.5. The van der Waals surface area contributed by atoms with E-state index in [-0.39, 0.29) is 71.6 Å². The van der Waals surface area contributed by atoms with Crippen LogP contribution in [0.15, 0.2) is 91.0 Å². The summed E-state index contributed by atoms with van der Waals surface area (Å²) in [7, 11) is 0. The van der Waals surface area contributed by atoms with Gasteiger partial charge in [0.2, 0.25) is 23.6 Å². The van der Waals surface area contributed by atoms with E-state index in [1.807, 2.05) is 12.1 Å². The fraction of sp³-hybridized carbons (Fsp3) is 0.405. The van der Waals surface area contributed by atoms with E-state index in [0.717, 1.165) is 11.1 Å². The maximum Gasteiger partial charge on any atom is 0.328 e. The molecule has 17 heteroatoms. The normalized spacial score (nSPS) is 12.2. The van der Waals surface area contributed by atoms with Crippen molar-refractivity contribution in [2.24, 2.45) is 11.5 Å². The predicted molar refractivity (Wildman–Crippen MR) is 212 cm³/mol. The highest BCUT2D eigenvalue weighted by atomic mass is 16.5. The smallest absolute Gasteiger partial charge is 0.328 e. The minimum Gasteiger partial charge on any atom is -0.461 e. The Morgan fingerprint density at radius 1 is 0.508 bits per heavy atom. The van der Waals surface area contributed by atoms with Crippen LogP contribution >= 0.6 is 0 Å². The van der Waals surface area contributed by atoms with Gasteiger partial charge in [-0.25, -0.2) is 4.79 Å². The van der Waals surface area contributed by atoms with Gasteiger partial charge in [-0.3, -0.25) is 28.8 Å². The molecule has 17 nitrogen and oxygen atoms in total. The van der Waals surface area contributed by atoms with Gasteiger partial charge in [-0.1, -0.05) is 91.0 Å². The van der Waals surface area contributed by atoms with Crippen LogP contribution in [0.1, 0.15) is 55.2 Å². The first kappa shape index (κ1) is 47.2. The van der Waals surface area contributed by atoms with Crippen LogP contribution in [-0.4, -0.2) is 92.6 Å². The number of carbonyl (C=O) groups excluding carboxylic acids is 7. The number of rotatable bonds is 28. The first-order valence-corrected chi connectivity index (χ1v) is 19.2. The van der Waals surface area contributed by atoms with Crippen LogP contribution in [0.4, 0.5) is 0 Å². The molecular formula is C42H53N5O12. The Hall–Kier alpha value is -6.17. The van der Waals surface area contributed by atoms with Crippen LogP contribution in [0.3, 0.4) is 0 Å². The van der Waals surface area contributed by atoms with Crippen LogP contribution in [0.25, 0.3) is 0 Å². The van der Waals surface area contributed by atoms with E-state index in [4.69, 9.17) is 35.2 Å². The zero-order chi connectivity index (χ0) is 42.7. The summed E-state index contributed by atoms with van der Waals surface area (Å²) in [5.74, 6) is -5.30. The van der Waals surface area contributed by atoms with E-state index in [1.54, 1.807) is 78.9 Å². The Kier molecular flexibility index (Phi) is 22.0. The number of benzene rings is 3. The van der Waals surface area contributed by atoms with Crippen molar-refractivity contribution in [3.8, 4) is 0 Å². The number of esters is 3. The third-order valence-electron chi connectivity index (χ3n) is 8.44. The molecule has 0 aromatic heterocycles. The van der Waals surface area contributed by atoms with Gasteiger partial charge in [0.1, 0.15) is 44.6 Å². The molecule has 4 amide bonds. The quantitative estimate of drug-likeness (QED) is 0.0396. The molecule has 0 aliphatic heterocycles. The minimum absolute atomic E-state index is 0.00273. The molecule has 0 saturated heterocycles. The van der Waals surface area contributed by atoms with Gasteiger partial charge in [0.25, 0.3) is 0 Å². The Balaban J connectivity index is 1.68. The molecule has 0 aliphatic rings. The lowest BCUT2D eigenvalue weighted by Gasteiger charge is -2.23. The number of primary amides is 1. The fourth-order valence-corrected chi connectivity index (χ4v) is 5.30. The standard InChI is InChI=1S/C42H53N5O12/c43-22-23-55-24-25-56-29-37(49)45-33(40(44)52)16-19-36(48)46-34(17-20-38(50)57-26-30-10-4-1-5-11-30)41(53)47-35(42(54)59-28-32-14-8-3-9-15-32)18-21-39(51)58-27-31-12-6-2-7-13-31/h1-15,33-35H,16-29,43H2,(H2,44,52)(H,45,49)(H,46,48)(H,47,53). The molecule has 318 valence electrons. The van der Waals surface area contributed by atoms with Gasteiger partial charge in [-0.05, 0) is 36.0 Å². The summed E-state index contributed by atoms with van der Waals surface area (Å²) >= 11 is 0. The molecule has 3 atom stereocenters. The number of carbonyl (C=O) groups is 7. The summed E-state index contributed by atoms with van der Waals surface area (Å²) < 4.78 is 26.6. The van der Waals surface area contributed by atoms with E-state index >= 15 is 0 Å². The van der Waals surface area contributed by atoms with Crippen molar-refractivity contribution in [1.82, 2.24) is 16.0 Å². The van der Waals surface area contributed by atoms with E-state index in [9.17, 15) is 33.6 Å². The first-order valence-electron chi connectivity index (χ1n) is 19.2. The number of ether oxygens (including phenoxy) is 5. The maximum absolute atomic E-state index is 13.8. The molecule has 0 radical (unpaired) electrons. The molecule has 0 saturated carbocycles. The van der Waals surface area contributed by atoms with E-state index < -0.39 is 66.3 Å². The summed E-state index contributed by atoms with van der Waals surface area (Å²) in [4.78, 5) is 90.4. The zero-order valence-electron chi connectivity index (χ0n) is 32.8. The van der Waals surface area contributed by atoms with Gasteiger partial charge < -0.3 is 51.1 Å². The van der Waals surface area contributed by atoms with Crippen molar-refractivity contribution in [1.29, 1.82) is 0 Å². The van der Waals surface area contributed by atoms with Crippen molar-refractivity contribution in [2.45, 2.75) is 76.5 Å². The van der Waals surface area contributed by atoms with Crippen molar-refractivity contribution in [2.75, 3.05) is 33.0 Å². The van der Waals surface area contributed by atoms with E-state index in [0.29, 0.717) is 18.7 Å². The Bertz CT molecular complexity index is 1770. The second-order valence-electron chi connectivity index (χ2n) is 13.2. The second kappa shape index (κ2) is 27.5. The van der Waals surface area contributed by atoms with Gasteiger partial charge in [-0.2, -0.15) is 0 Å². The lowest BCUT2D eigenvalue weighted by Crippen LogP contribution is -2.52. The van der Waals surface area contributed by atoms with Crippen molar-refractivity contribution >= 4 is 41.5 Å². The fourth-order valence-electron chi connectivity index (χ4n) is 5.30. The molecule has 3 rings (SSSR count). The predicted octanol–water partition coefficient (Wildman–Crippen LogP) is 1.49. The maximum atomic E-state index is 13.8. The summed E-state index contributed by atoms with van der Waals surface area (Å²) in [5, 5.41) is 7.52. The summed E-state index contributed by atoms with van der Waals surface area (Å²) in [6.07, 6.45) is -1.65. The molecule has 0 heterocycles. The van der Waals surface area contributed by atoms with Crippen molar-refractivity contribution in [3.63, 3.8) is 0 Å². The molecule has 3 unspecified atom stereocenters. The monoisotopic (exact) mass is 819 g/mol. The van der Waals surface area contributed by atoms with Gasteiger partial charge >= 0.3 is 17.9 Å². The highest BCUT2D eigenvalue weighted by molar-refractivity contribution is 5.92. The average molecular weight is 820 g/mol. The van der Waals surface area contributed by atoms with Gasteiger partial charge in [0.05, 0.1) is 19.8 Å². The third-order valence-corrected chi connectivity index (χ3v) is 8.44. The molecular weight excluding hydrogens is 766 g/mol. The van der Waals surface area contributed by atoms with E-state index in [2.05, 4.69) is 16.0 Å². The molecule has 0 aliphatic carbocycles. The SMILES string of the molecule is NCCOCCOCC(=O)NC(CCC(=O)NC(CCC(=O)OCc1ccccc1)C(=O)NC(CCC(=O)OCc1ccccc1)C(=O)OCc1ccccc1)C(N)=O. The molecule has 3 aromatic rings. The van der Waals surface area contributed by atoms with Gasteiger partial charge in [0, 0.05) is 25.8 Å². The topological polar surface area (TPSA) is 254 Å². The number of hydrogen-bond donors (Lipinski definition) is 5. The largest absolute Gasteiger partial charge is 0.461 e. The second-order valence-corrected chi connectivity index (χ2v) is 13.2. The Labute approximate surface area is 342 Å². The zero-order valence-corrected chi connectivity index (χ0v) is 32.8. The van der Waals surface area contributed by atoms with Gasteiger partial charge in [-0.15, -0.1) is 0 Å². The average Bonchev–Trinajstić information content (AvgIpc) is 3.24. The van der Waals surface area contributed by atoms with Crippen molar-refractivity contribution in [3.05, 3.63) is 108 Å². The summed E-state index contributed by atoms with van der Waals surface area (Å²) in [5.41, 5.74) is 13.0. The van der Waals surface area contributed by atoms with Crippen LogP contribution in [0, 0.1) is 0 Å². The van der Waals surface area contributed by atoms with Gasteiger partial charge in [0.15, 0.2) is 0 Å². The van der Waals surface area contributed by atoms with Crippen LogP contribution in [-0.2, 0) is 77.1 Å². The Morgan fingerprint density at radius 2 is 0.966 bits per heavy atom. The van der Waals surface area contributed by atoms with E-state index in [1.165, 1.54) is 0 Å². The van der Waals surface area contributed by atoms with Crippen LogP contribution < -0.4 is 27.4 Å². The summed E-state index contributed by atoms with van der Waals surface area (Å²) in [6, 6.07) is 22.7. The highest BCUT2D eigenvalue weighted by Gasteiger charge is 2.30. The number of nitrogens with one attached hydrogen (secondary N) is 3. The number of amides is 4. The lowest BCUT2D eigenvalue weighted by molar-refractivity contribution is -0.151. The highest BCUT2D eigenvalue weighted by Crippen LogP contribution is 2.11. The van der Waals surface area contributed by atoms with Crippen LogP contribution in [0.5, 0.6) is 0 Å². The van der Waals surface area contributed by atoms with Crippen molar-refractivity contribution < 1.29 is 57.2 Å². The third kappa shape index (κ3) is 20.2. The van der Waals surface area contributed by atoms with Crippen LogP contribution in [0.2, 0.25) is 0 Å². The molecule has 3 aromatic carbocycles. The molecule has 7 N–H and O–H groups in total. The number of hydrogen-bond acceptors (Lipinski definition) is 13. The molecule has 59 heavy (non-hydrogen) atoms. The Morgan fingerprint density at radius 3 is 1.47 bits per heavy atom. The minimum atomic E-state index is -1.39. The molecule has 0 fully saturated rings. The molecule has 0 spiro atoms. The summed E-state index contributed by atoms with van der Waals surface area (Å²) in [6.45, 7) is 0.434. The number of nitrogens with two attached hydrogens (primary N) is 2.